The van der Waals surface area contributed by atoms with E-state index in [0.29, 0.717) is 0 Å². The zero-order chi connectivity index (χ0) is 14.2. The van der Waals surface area contributed by atoms with E-state index in [9.17, 15) is 17.4 Å². The number of sulfonamides is 1. The number of carboxylic acid groups (broad SMARTS) is 1. The van der Waals surface area contributed by atoms with Gasteiger partial charge >= 0.3 is 5.97 Å². The maximum absolute atomic E-state index is 12.4. The highest BCUT2D eigenvalue weighted by atomic mass is 32.2. The third-order valence-corrected chi connectivity index (χ3v) is 6.16. The van der Waals surface area contributed by atoms with E-state index in [1.807, 2.05) is 0 Å². The molecule has 0 aromatic carbocycles. The number of aromatic nitrogens is 2. The lowest BCUT2D eigenvalue weighted by atomic mass is 10.4. The third-order valence-electron chi connectivity index (χ3n) is 2.83. The monoisotopic (exact) mass is 307 g/mol. The van der Waals surface area contributed by atoms with Crippen molar-refractivity contribution in [2.45, 2.75) is 11.8 Å². The van der Waals surface area contributed by atoms with Crippen LogP contribution in [0.3, 0.4) is 0 Å². The minimum atomic E-state index is -3.92. The van der Waals surface area contributed by atoms with Crippen molar-refractivity contribution in [2.75, 3.05) is 24.6 Å². The average Bonchev–Trinajstić information content (AvgIpc) is 2.72. The number of hydrogen-bond acceptors (Lipinski definition) is 5. The molecule has 19 heavy (non-hydrogen) atoms. The Morgan fingerprint density at radius 1 is 1.42 bits per heavy atom. The lowest BCUT2D eigenvalue weighted by molar-refractivity contribution is 0.0686. The van der Waals surface area contributed by atoms with E-state index >= 15 is 0 Å². The molecule has 0 spiro atoms. The standard InChI is InChI=1S/C9H13N3O5S2/c1-6-8(7(9(13)14)11-10-6)19(16,17)12-2-4-18(15)5-3-12/h2-5H2,1H3,(H,10,11)(H,13,14). The van der Waals surface area contributed by atoms with Gasteiger partial charge < -0.3 is 5.11 Å². The van der Waals surface area contributed by atoms with Crippen LogP contribution in [0.15, 0.2) is 4.90 Å². The summed E-state index contributed by atoms with van der Waals surface area (Å²) in [7, 11) is -4.93. The fraction of sp³-hybridized carbons (Fsp3) is 0.556. The number of aromatic amines is 1. The van der Waals surface area contributed by atoms with Crippen molar-refractivity contribution in [2.24, 2.45) is 0 Å². The Bertz CT molecular complexity index is 626. The van der Waals surface area contributed by atoms with Crippen LogP contribution >= 0.6 is 0 Å². The Balaban J connectivity index is 2.42. The molecule has 0 aliphatic carbocycles. The molecule has 0 unspecified atom stereocenters. The second-order valence-corrected chi connectivity index (χ2v) is 7.65. The first-order valence-electron chi connectivity index (χ1n) is 5.47. The zero-order valence-electron chi connectivity index (χ0n) is 10.1. The summed E-state index contributed by atoms with van der Waals surface area (Å²) in [6.45, 7) is 1.70. The maximum atomic E-state index is 12.4. The predicted molar refractivity (Wildman–Crippen MR) is 66.9 cm³/mol. The van der Waals surface area contributed by atoms with Gasteiger partial charge in [0.1, 0.15) is 4.90 Å². The summed E-state index contributed by atoms with van der Waals surface area (Å²) in [6, 6.07) is 0. The lowest BCUT2D eigenvalue weighted by Gasteiger charge is -2.25. The van der Waals surface area contributed by atoms with Gasteiger partial charge in [0.15, 0.2) is 5.69 Å². The van der Waals surface area contributed by atoms with Crippen LogP contribution in [0.5, 0.6) is 0 Å². The normalized spacial score (nSPS) is 18.6. The van der Waals surface area contributed by atoms with Gasteiger partial charge in [0, 0.05) is 35.4 Å². The van der Waals surface area contributed by atoms with Crippen LogP contribution in [0.2, 0.25) is 0 Å². The summed E-state index contributed by atoms with van der Waals surface area (Å²) in [5.74, 6) is -0.875. The van der Waals surface area contributed by atoms with E-state index in [4.69, 9.17) is 5.11 Å². The molecular formula is C9H13N3O5S2. The predicted octanol–water partition coefficient (Wildman–Crippen LogP) is -0.831. The van der Waals surface area contributed by atoms with Crippen LogP contribution in [-0.2, 0) is 20.8 Å². The number of H-pyrrole nitrogens is 1. The van der Waals surface area contributed by atoms with Crippen molar-refractivity contribution in [1.82, 2.24) is 14.5 Å². The minimum Gasteiger partial charge on any atom is -0.476 e. The Kier molecular flexibility index (Phi) is 3.74. The second kappa shape index (κ2) is 5.02. The largest absolute Gasteiger partial charge is 0.476 e. The summed E-state index contributed by atoms with van der Waals surface area (Å²) in [5, 5.41) is 14.8. The first kappa shape index (κ1) is 14.2. The molecule has 0 atom stereocenters. The highest BCUT2D eigenvalue weighted by molar-refractivity contribution is 7.89. The van der Waals surface area contributed by atoms with Crippen molar-refractivity contribution in [3.05, 3.63) is 11.4 Å². The Hall–Kier alpha value is -1.26. The molecule has 2 heterocycles. The minimum absolute atomic E-state index is 0.124. The Morgan fingerprint density at radius 2 is 2.00 bits per heavy atom. The number of hydrogen-bond donors (Lipinski definition) is 2. The number of carbonyl (C=O) groups is 1. The highest BCUT2D eigenvalue weighted by Gasteiger charge is 2.34. The fourth-order valence-corrected chi connectivity index (χ4v) is 4.88. The number of aromatic carboxylic acids is 1. The van der Waals surface area contributed by atoms with Crippen molar-refractivity contribution in [3.63, 3.8) is 0 Å². The summed E-state index contributed by atoms with van der Waals surface area (Å²) < 4.78 is 37.2. The molecule has 1 aromatic heterocycles. The molecule has 1 fully saturated rings. The van der Waals surface area contributed by atoms with Gasteiger partial charge in [-0.05, 0) is 6.92 Å². The van der Waals surface area contributed by atoms with E-state index in [2.05, 4.69) is 10.2 Å². The van der Waals surface area contributed by atoms with Crippen LogP contribution in [0.25, 0.3) is 0 Å². The highest BCUT2D eigenvalue weighted by Crippen LogP contribution is 2.23. The summed E-state index contributed by atoms with van der Waals surface area (Å²) in [6.07, 6.45) is 0. The number of rotatable bonds is 3. The molecule has 1 aliphatic heterocycles. The van der Waals surface area contributed by atoms with Gasteiger partial charge in [-0.15, -0.1) is 0 Å². The smallest absolute Gasteiger partial charge is 0.357 e. The van der Waals surface area contributed by atoms with Gasteiger partial charge in [-0.25, -0.2) is 13.2 Å². The summed E-state index contributed by atoms with van der Waals surface area (Å²) in [4.78, 5) is 10.7. The van der Waals surface area contributed by atoms with E-state index < -0.39 is 32.5 Å². The van der Waals surface area contributed by atoms with E-state index in [-0.39, 0.29) is 35.2 Å². The van der Waals surface area contributed by atoms with Crippen LogP contribution in [0.1, 0.15) is 16.2 Å². The van der Waals surface area contributed by atoms with E-state index in [1.54, 1.807) is 0 Å². The number of carboxylic acids is 1. The number of nitrogens with zero attached hydrogens (tertiary/aromatic N) is 2. The molecule has 106 valence electrons. The molecule has 2 N–H and O–H groups in total. The van der Waals surface area contributed by atoms with Gasteiger partial charge in [-0.1, -0.05) is 0 Å². The molecular weight excluding hydrogens is 294 g/mol. The van der Waals surface area contributed by atoms with E-state index in [1.165, 1.54) is 6.92 Å². The van der Waals surface area contributed by atoms with Crippen molar-refractivity contribution in [1.29, 1.82) is 0 Å². The molecule has 1 saturated heterocycles. The van der Waals surface area contributed by atoms with E-state index in [0.717, 1.165) is 4.31 Å². The summed E-state index contributed by atoms with van der Waals surface area (Å²) >= 11 is 0. The van der Waals surface area contributed by atoms with Gasteiger partial charge in [0.25, 0.3) is 0 Å². The molecule has 0 radical (unpaired) electrons. The number of nitrogens with one attached hydrogen (secondary N) is 1. The zero-order valence-corrected chi connectivity index (χ0v) is 11.8. The van der Waals surface area contributed by atoms with Gasteiger partial charge in [0.2, 0.25) is 10.0 Å². The molecule has 0 bridgehead atoms. The quantitative estimate of drug-likeness (QED) is 0.752. The van der Waals surface area contributed by atoms with Crippen LogP contribution in [0, 0.1) is 6.92 Å². The molecule has 2 rings (SSSR count). The van der Waals surface area contributed by atoms with Crippen molar-refractivity contribution >= 4 is 26.8 Å². The first-order valence-corrected chi connectivity index (χ1v) is 8.40. The van der Waals surface area contributed by atoms with Gasteiger partial charge in [-0.3, -0.25) is 9.31 Å². The fourth-order valence-electron chi connectivity index (χ4n) is 1.87. The Morgan fingerprint density at radius 3 is 2.53 bits per heavy atom. The molecule has 0 amide bonds. The molecule has 1 aliphatic rings. The summed E-state index contributed by atoms with van der Waals surface area (Å²) in [5.41, 5.74) is -0.326. The van der Waals surface area contributed by atoms with Crippen LogP contribution in [0.4, 0.5) is 0 Å². The maximum Gasteiger partial charge on any atom is 0.357 e. The van der Waals surface area contributed by atoms with Crippen molar-refractivity contribution in [3.8, 4) is 0 Å². The molecule has 0 saturated carbocycles. The second-order valence-electron chi connectivity index (χ2n) is 4.08. The molecule has 1 aromatic rings. The lowest BCUT2D eigenvalue weighted by Crippen LogP contribution is -2.42. The van der Waals surface area contributed by atoms with Crippen LogP contribution < -0.4 is 0 Å². The topological polar surface area (TPSA) is 120 Å². The van der Waals surface area contributed by atoms with Gasteiger partial charge in [0.05, 0.1) is 5.69 Å². The average molecular weight is 307 g/mol. The number of aryl methyl sites for hydroxylation is 1. The van der Waals surface area contributed by atoms with Gasteiger partial charge in [-0.2, -0.15) is 9.40 Å². The third kappa shape index (κ3) is 2.55. The molecule has 8 nitrogen and oxygen atoms in total. The van der Waals surface area contributed by atoms with Crippen LogP contribution in [-0.4, -0.2) is 62.8 Å². The SMILES string of the molecule is Cc1[nH]nc(C(=O)O)c1S(=O)(=O)N1CCS(=O)CC1. The Labute approximate surface area is 112 Å². The van der Waals surface area contributed by atoms with Crippen molar-refractivity contribution < 1.29 is 22.5 Å². The molecule has 10 heteroatoms. The first-order chi connectivity index (χ1) is 8.84.